The van der Waals surface area contributed by atoms with Gasteiger partial charge in [0.1, 0.15) is 10.8 Å². The molecule has 0 saturated heterocycles. The van der Waals surface area contributed by atoms with Crippen LogP contribution in [0.4, 0.5) is 5.69 Å². The second-order valence-electron chi connectivity index (χ2n) is 7.60. The lowest BCUT2D eigenvalue weighted by atomic mass is 10.1. The summed E-state index contributed by atoms with van der Waals surface area (Å²) in [6.45, 7) is 2.63. The number of carbonyl (C=O) groups excluding carboxylic acids is 1. The summed E-state index contributed by atoms with van der Waals surface area (Å²) in [6, 6.07) is 23.5. The first-order valence-electron chi connectivity index (χ1n) is 10.9. The highest BCUT2D eigenvalue weighted by Gasteiger charge is 2.10. The van der Waals surface area contributed by atoms with Gasteiger partial charge < -0.3 is 10.1 Å². The normalized spacial score (nSPS) is 10.7. The van der Waals surface area contributed by atoms with Gasteiger partial charge in [-0.1, -0.05) is 61.0 Å². The van der Waals surface area contributed by atoms with Crippen molar-refractivity contribution in [1.82, 2.24) is 4.98 Å². The molecule has 0 spiro atoms. The van der Waals surface area contributed by atoms with Crippen LogP contribution in [0.15, 0.2) is 78.2 Å². The average Bonchev–Trinajstić information content (AvgIpc) is 3.33. The fraction of sp³-hybridized carbons (Fsp3) is 0.185. The monoisotopic (exact) mass is 476 g/mol. The van der Waals surface area contributed by atoms with E-state index < -0.39 is 0 Å². The Morgan fingerprint density at radius 2 is 1.88 bits per heavy atom. The molecule has 0 aliphatic rings. The molecule has 0 unspecified atom stereocenters. The predicted molar refractivity (Wildman–Crippen MR) is 137 cm³/mol. The van der Waals surface area contributed by atoms with Crippen molar-refractivity contribution in [2.45, 2.75) is 26.2 Å². The SMILES string of the molecule is CCc1ccc(OCCCC(=O)Nc2cccc(-c3csc(-c4ccccc4Cl)n3)c2)cc1. The number of thiazole rings is 1. The van der Waals surface area contributed by atoms with Crippen LogP contribution < -0.4 is 10.1 Å². The number of carbonyl (C=O) groups is 1. The van der Waals surface area contributed by atoms with Crippen molar-refractivity contribution >= 4 is 34.5 Å². The lowest BCUT2D eigenvalue weighted by molar-refractivity contribution is -0.116. The minimum atomic E-state index is -0.0351. The minimum absolute atomic E-state index is 0.0351. The molecule has 0 bridgehead atoms. The zero-order valence-corrected chi connectivity index (χ0v) is 20.0. The van der Waals surface area contributed by atoms with Gasteiger partial charge in [0.05, 0.1) is 17.3 Å². The summed E-state index contributed by atoms with van der Waals surface area (Å²) in [7, 11) is 0. The van der Waals surface area contributed by atoms with Crippen molar-refractivity contribution < 1.29 is 9.53 Å². The van der Waals surface area contributed by atoms with Gasteiger partial charge in [-0.05, 0) is 48.7 Å². The zero-order valence-electron chi connectivity index (χ0n) is 18.4. The van der Waals surface area contributed by atoms with Crippen LogP contribution in [0.5, 0.6) is 5.75 Å². The molecule has 1 N–H and O–H groups in total. The van der Waals surface area contributed by atoms with Crippen molar-refractivity contribution in [2.75, 3.05) is 11.9 Å². The van der Waals surface area contributed by atoms with E-state index in [4.69, 9.17) is 21.3 Å². The first-order chi connectivity index (χ1) is 16.1. The highest BCUT2D eigenvalue weighted by Crippen LogP contribution is 2.33. The van der Waals surface area contributed by atoms with Crippen molar-refractivity contribution in [3.63, 3.8) is 0 Å². The van der Waals surface area contributed by atoms with E-state index in [1.165, 1.54) is 5.56 Å². The van der Waals surface area contributed by atoms with Crippen molar-refractivity contribution in [1.29, 1.82) is 0 Å². The van der Waals surface area contributed by atoms with Crippen LogP contribution in [0, 0.1) is 0 Å². The molecular weight excluding hydrogens is 452 g/mol. The molecule has 1 aromatic heterocycles. The van der Waals surface area contributed by atoms with E-state index in [0.29, 0.717) is 24.5 Å². The maximum atomic E-state index is 12.4. The maximum Gasteiger partial charge on any atom is 0.224 e. The van der Waals surface area contributed by atoms with Gasteiger partial charge in [0, 0.05) is 28.6 Å². The largest absolute Gasteiger partial charge is 0.494 e. The fourth-order valence-electron chi connectivity index (χ4n) is 3.39. The number of aryl methyl sites for hydroxylation is 1. The number of rotatable bonds is 9. The molecule has 6 heteroatoms. The number of nitrogens with zero attached hydrogens (tertiary/aromatic N) is 1. The minimum Gasteiger partial charge on any atom is -0.494 e. The molecule has 4 rings (SSSR count). The van der Waals surface area contributed by atoms with E-state index in [2.05, 4.69) is 24.4 Å². The lowest BCUT2D eigenvalue weighted by Gasteiger charge is -2.08. The molecule has 1 heterocycles. The second-order valence-corrected chi connectivity index (χ2v) is 8.86. The summed E-state index contributed by atoms with van der Waals surface area (Å²) in [5, 5.41) is 6.53. The zero-order chi connectivity index (χ0) is 23.0. The number of benzene rings is 3. The third-order valence-electron chi connectivity index (χ3n) is 5.20. The van der Waals surface area contributed by atoms with Gasteiger partial charge in [0.2, 0.25) is 5.91 Å². The Morgan fingerprint density at radius 3 is 2.67 bits per heavy atom. The molecule has 0 aliphatic heterocycles. The highest BCUT2D eigenvalue weighted by molar-refractivity contribution is 7.13. The summed E-state index contributed by atoms with van der Waals surface area (Å²) < 4.78 is 5.73. The van der Waals surface area contributed by atoms with E-state index in [-0.39, 0.29) is 5.91 Å². The molecule has 1 amide bonds. The third-order valence-corrected chi connectivity index (χ3v) is 6.40. The molecule has 0 saturated carbocycles. The van der Waals surface area contributed by atoms with E-state index >= 15 is 0 Å². The number of amides is 1. The predicted octanol–water partition coefficient (Wildman–Crippen LogP) is 7.49. The van der Waals surface area contributed by atoms with Crippen LogP contribution in [-0.4, -0.2) is 17.5 Å². The average molecular weight is 477 g/mol. The molecule has 0 fully saturated rings. The number of aromatic nitrogens is 1. The third kappa shape index (κ3) is 6.21. The second kappa shape index (κ2) is 11.1. The van der Waals surface area contributed by atoms with E-state index in [9.17, 15) is 4.79 Å². The van der Waals surface area contributed by atoms with Crippen LogP contribution in [0.25, 0.3) is 21.8 Å². The smallest absolute Gasteiger partial charge is 0.224 e. The summed E-state index contributed by atoms with van der Waals surface area (Å²) in [4.78, 5) is 17.1. The Bertz CT molecular complexity index is 1220. The number of hydrogen-bond donors (Lipinski definition) is 1. The Labute approximate surface area is 203 Å². The molecule has 0 atom stereocenters. The molecule has 33 heavy (non-hydrogen) atoms. The van der Waals surface area contributed by atoms with Gasteiger partial charge in [0.25, 0.3) is 0 Å². The lowest BCUT2D eigenvalue weighted by Crippen LogP contribution is -2.12. The van der Waals surface area contributed by atoms with Crippen molar-refractivity contribution in [2.24, 2.45) is 0 Å². The van der Waals surface area contributed by atoms with Crippen LogP contribution in [0.1, 0.15) is 25.3 Å². The van der Waals surface area contributed by atoms with Gasteiger partial charge in [-0.25, -0.2) is 4.98 Å². The highest BCUT2D eigenvalue weighted by atomic mass is 35.5. The number of hydrogen-bond acceptors (Lipinski definition) is 4. The number of halogens is 1. The molecule has 0 radical (unpaired) electrons. The van der Waals surface area contributed by atoms with E-state index in [0.717, 1.165) is 39.7 Å². The summed E-state index contributed by atoms with van der Waals surface area (Å²) in [6.07, 6.45) is 2.05. The van der Waals surface area contributed by atoms with Gasteiger partial charge in [-0.2, -0.15) is 0 Å². The number of nitrogens with one attached hydrogen (secondary N) is 1. The molecule has 0 aliphatic carbocycles. The van der Waals surface area contributed by atoms with Crippen LogP contribution in [-0.2, 0) is 11.2 Å². The standard InChI is InChI=1S/C27H25ClN2O2S/c1-2-19-12-14-22(15-13-19)32-16-6-11-26(31)29-21-8-5-7-20(17-21)25-18-33-27(30-25)23-9-3-4-10-24(23)28/h3-5,7-10,12-15,17-18H,2,6,11,16H2,1H3,(H,29,31). The molecule has 168 valence electrons. The summed E-state index contributed by atoms with van der Waals surface area (Å²) in [5.41, 5.74) is 4.75. The number of ether oxygens (including phenoxy) is 1. The topological polar surface area (TPSA) is 51.2 Å². The quantitative estimate of drug-likeness (QED) is 0.254. The van der Waals surface area contributed by atoms with Crippen LogP contribution >= 0.6 is 22.9 Å². The van der Waals surface area contributed by atoms with Gasteiger partial charge >= 0.3 is 0 Å². The van der Waals surface area contributed by atoms with Gasteiger partial charge in [0.15, 0.2) is 0 Å². The Hall–Kier alpha value is -3.15. The molecular formula is C27H25ClN2O2S. The van der Waals surface area contributed by atoms with Crippen LogP contribution in [0.3, 0.4) is 0 Å². The molecule has 4 aromatic rings. The Morgan fingerprint density at radius 1 is 1.06 bits per heavy atom. The summed E-state index contributed by atoms with van der Waals surface area (Å²) >= 11 is 7.85. The first-order valence-corrected chi connectivity index (χ1v) is 12.2. The Kier molecular flexibility index (Phi) is 7.76. The summed E-state index contributed by atoms with van der Waals surface area (Å²) in [5.74, 6) is 0.798. The van der Waals surface area contributed by atoms with E-state index in [1.807, 2.05) is 66.0 Å². The molecule has 3 aromatic carbocycles. The van der Waals surface area contributed by atoms with Gasteiger partial charge in [-0.3, -0.25) is 4.79 Å². The van der Waals surface area contributed by atoms with E-state index in [1.54, 1.807) is 11.3 Å². The van der Waals surface area contributed by atoms with Gasteiger partial charge in [-0.15, -0.1) is 11.3 Å². The van der Waals surface area contributed by atoms with Crippen LogP contribution in [0.2, 0.25) is 5.02 Å². The molecule has 4 nitrogen and oxygen atoms in total. The van der Waals surface area contributed by atoms with Crippen molar-refractivity contribution in [3.05, 3.63) is 88.8 Å². The Balaban J connectivity index is 1.30. The van der Waals surface area contributed by atoms with Crippen molar-refractivity contribution in [3.8, 4) is 27.6 Å². The first kappa shape index (κ1) is 23.0. The fourth-order valence-corrected chi connectivity index (χ4v) is 4.54. The number of anilines is 1. The maximum absolute atomic E-state index is 12.4.